The molecule has 2 rings (SSSR count). The van der Waals surface area contributed by atoms with E-state index in [1.165, 1.54) is 6.33 Å². The monoisotopic (exact) mass is 262 g/mol. The predicted octanol–water partition coefficient (Wildman–Crippen LogP) is 1.07. The van der Waals surface area contributed by atoms with E-state index < -0.39 is 0 Å². The zero-order chi connectivity index (χ0) is 13.8. The number of aryl methyl sites for hydroxylation is 2. The van der Waals surface area contributed by atoms with E-state index >= 15 is 0 Å². The molecule has 0 bridgehead atoms. The van der Waals surface area contributed by atoms with Crippen LogP contribution in [-0.4, -0.2) is 30.9 Å². The van der Waals surface area contributed by atoms with Crippen molar-refractivity contribution in [3.8, 4) is 0 Å². The quantitative estimate of drug-likeness (QED) is 0.843. The number of carbonyl (C=O) groups excluding carboxylic acids is 1. The Balaban J connectivity index is 2.13. The maximum Gasteiger partial charge on any atom is 0.270 e. The lowest BCUT2D eigenvalue weighted by molar-refractivity contribution is 0.0927. The Morgan fingerprint density at radius 3 is 2.89 bits per heavy atom. The zero-order valence-corrected chi connectivity index (χ0v) is 11.3. The van der Waals surface area contributed by atoms with Gasteiger partial charge in [-0.1, -0.05) is 6.92 Å². The molecule has 2 aromatic heterocycles. The van der Waals surface area contributed by atoms with E-state index in [0.717, 1.165) is 12.1 Å². The van der Waals surface area contributed by atoms with Crippen LogP contribution in [0.3, 0.4) is 0 Å². The third-order valence-corrected chi connectivity index (χ3v) is 2.92. The van der Waals surface area contributed by atoms with Crippen molar-refractivity contribution in [2.45, 2.75) is 39.8 Å². The van der Waals surface area contributed by atoms with E-state index in [1.807, 2.05) is 26.8 Å². The molecule has 2 N–H and O–H groups in total. The molecule has 0 aliphatic heterocycles. The van der Waals surface area contributed by atoms with E-state index in [1.54, 1.807) is 4.68 Å². The summed E-state index contributed by atoms with van der Waals surface area (Å²) in [7, 11) is 0. The van der Waals surface area contributed by atoms with Crippen LogP contribution in [0.2, 0.25) is 0 Å². The van der Waals surface area contributed by atoms with Crippen molar-refractivity contribution in [3.05, 3.63) is 29.6 Å². The summed E-state index contributed by atoms with van der Waals surface area (Å²) in [5.41, 5.74) is 1.49. The van der Waals surface area contributed by atoms with Crippen LogP contribution in [0.25, 0.3) is 0 Å². The van der Waals surface area contributed by atoms with Crippen LogP contribution in [0.1, 0.15) is 48.8 Å². The molecule has 1 unspecified atom stereocenters. The Morgan fingerprint density at radius 2 is 2.32 bits per heavy atom. The molecule has 0 radical (unpaired) electrons. The van der Waals surface area contributed by atoms with E-state index in [4.69, 9.17) is 0 Å². The molecule has 102 valence electrons. The van der Waals surface area contributed by atoms with Gasteiger partial charge in [0, 0.05) is 6.54 Å². The molecule has 0 aromatic carbocycles. The summed E-state index contributed by atoms with van der Waals surface area (Å²) in [5.74, 6) is 0.476. The highest BCUT2D eigenvalue weighted by Gasteiger charge is 2.17. The van der Waals surface area contributed by atoms with E-state index in [9.17, 15) is 4.79 Å². The summed E-state index contributed by atoms with van der Waals surface area (Å²) in [6, 6.07) is 1.60. The van der Waals surface area contributed by atoms with Gasteiger partial charge in [-0.2, -0.15) is 10.2 Å². The largest absolute Gasteiger partial charge is 0.341 e. The molecule has 19 heavy (non-hydrogen) atoms. The maximum absolute atomic E-state index is 12.2. The van der Waals surface area contributed by atoms with Crippen molar-refractivity contribution < 1.29 is 4.79 Å². The number of rotatable bonds is 5. The molecule has 2 heterocycles. The molecule has 0 aliphatic carbocycles. The Labute approximate surface area is 111 Å². The number of amides is 1. The van der Waals surface area contributed by atoms with Gasteiger partial charge in [-0.3, -0.25) is 14.6 Å². The van der Waals surface area contributed by atoms with Crippen LogP contribution in [-0.2, 0) is 13.0 Å². The number of aromatic amines is 1. The highest BCUT2D eigenvalue weighted by Crippen LogP contribution is 2.09. The molecule has 2 aromatic rings. The highest BCUT2D eigenvalue weighted by molar-refractivity contribution is 5.92. The lowest BCUT2D eigenvalue weighted by Crippen LogP contribution is -2.29. The smallest absolute Gasteiger partial charge is 0.270 e. The third kappa shape index (κ3) is 2.81. The number of aromatic nitrogens is 5. The predicted molar refractivity (Wildman–Crippen MR) is 69.5 cm³/mol. The van der Waals surface area contributed by atoms with Gasteiger partial charge in [0.1, 0.15) is 17.8 Å². The van der Waals surface area contributed by atoms with Gasteiger partial charge in [-0.05, 0) is 26.3 Å². The Bertz CT molecular complexity index is 545. The normalized spacial score (nSPS) is 12.4. The minimum Gasteiger partial charge on any atom is -0.341 e. The number of nitrogens with zero attached hydrogens (tertiary/aromatic N) is 4. The Kier molecular flexibility index (Phi) is 3.94. The molecule has 0 aliphatic rings. The first kappa shape index (κ1) is 13.3. The molecular weight excluding hydrogens is 244 g/mol. The number of hydrogen-bond donors (Lipinski definition) is 2. The minimum absolute atomic E-state index is 0.155. The van der Waals surface area contributed by atoms with Gasteiger partial charge in [0.25, 0.3) is 5.91 Å². The van der Waals surface area contributed by atoms with Crippen LogP contribution < -0.4 is 5.32 Å². The summed E-state index contributed by atoms with van der Waals surface area (Å²) < 4.78 is 1.71. The van der Waals surface area contributed by atoms with Crippen molar-refractivity contribution in [1.82, 2.24) is 30.3 Å². The SMILES string of the molecule is CCc1cc(C(=O)NC(C)c2ncn[nH]2)n(CC)n1. The van der Waals surface area contributed by atoms with Gasteiger partial charge in [-0.25, -0.2) is 4.98 Å². The molecule has 1 atom stereocenters. The van der Waals surface area contributed by atoms with Crippen molar-refractivity contribution in [1.29, 1.82) is 0 Å². The van der Waals surface area contributed by atoms with Crippen LogP contribution in [0, 0.1) is 0 Å². The standard InChI is InChI=1S/C12H18N6O/c1-4-9-6-10(18(5-2)17-9)12(19)15-8(3)11-13-7-14-16-11/h6-8H,4-5H2,1-3H3,(H,15,19)(H,13,14,16). The molecule has 0 saturated carbocycles. The summed E-state index contributed by atoms with van der Waals surface area (Å²) in [6.07, 6.45) is 2.23. The second-order valence-electron chi connectivity index (χ2n) is 4.26. The van der Waals surface area contributed by atoms with Crippen molar-refractivity contribution >= 4 is 5.91 Å². The molecule has 7 heteroatoms. The zero-order valence-electron chi connectivity index (χ0n) is 11.3. The average Bonchev–Trinajstić information content (AvgIpc) is 3.07. The fourth-order valence-corrected chi connectivity index (χ4v) is 1.83. The number of hydrogen-bond acceptors (Lipinski definition) is 4. The first-order chi connectivity index (χ1) is 9.15. The van der Waals surface area contributed by atoms with Gasteiger partial charge < -0.3 is 5.32 Å². The second kappa shape index (κ2) is 5.64. The van der Waals surface area contributed by atoms with Crippen LogP contribution >= 0.6 is 0 Å². The first-order valence-electron chi connectivity index (χ1n) is 6.38. The van der Waals surface area contributed by atoms with Crippen molar-refractivity contribution in [2.75, 3.05) is 0 Å². The maximum atomic E-state index is 12.2. The number of carbonyl (C=O) groups is 1. The third-order valence-electron chi connectivity index (χ3n) is 2.92. The van der Waals surface area contributed by atoms with Crippen LogP contribution in [0.15, 0.2) is 12.4 Å². The van der Waals surface area contributed by atoms with Crippen molar-refractivity contribution in [3.63, 3.8) is 0 Å². The lowest BCUT2D eigenvalue weighted by Gasteiger charge is -2.11. The van der Waals surface area contributed by atoms with Crippen LogP contribution in [0.4, 0.5) is 0 Å². The summed E-state index contributed by atoms with van der Waals surface area (Å²) in [6.45, 7) is 6.50. The Morgan fingerprint density at radius 1 is 1.53 bits per heavy atom. The molecule has 1 amide bonds. The Hall–Kier alpha value is -2.18. The topological polar surface area (TPSA) is 88.5 Å². The molecule has 0 fully saturated rings. The van der Waals surface area contributed by atoms with Gasteiger partial charge in [0.15, 0.2) is 0 Å². The lowest BCUT2D eigenvalue weighted by atomic mass is 10.2. The molecule has 7 nitrogen and oxygen atoms in total. The van der Waals surface area contributed by atoms with E-state index in [0.29, 0.717) is 18.1 Å². The van der Waals surface area contributed by atoms with Gasteiger partial charge >= 0.3 is 0 Å². The summed E-state index contributed by atoms with van der Waals surface area (Å²) in [4.78, 5) is 16.2. The summed E-state index contributed by atoms with van der Waals surface area (Å²) in [5, 5.41) is 13.7. The van der Waals surface area contributed by atoms with Crippen molar-refractivity contribution in [2.24, 2.45) is 0 Å². The van der Waals surface area contributed by atoms with Gasteiger partial charge in [0.05, 0.1) is 11.7 Å². The van der Waals surface area contributed by atoms with E-state index in [2.05, 4.69) is 25.6 Å². The highest BCUT2D eigenvalue weighted by atomic mass is 16.2. The molecule has 0 spiro atoms. The van der Waals surface area contributed by atoms with Crippen LogP contribution in [0.5, 0.6) is 0 Å². The number of nitrogens with one attached hydrogen (secondary N) is 2. The average molecular weight is 262 g/mol. The molecular formula is C12H18N6O. The number of H-pyrrole nitrogens is 1. The minimum atomic E-state index is -0.222. The van der Waals surface area contributed by atoms with Gasteiger partial charge in [0.2, 0.25) is 0 Å². The second-order valence-corrected chi connectivity index (χ2v) is 4.26. The summed E-state index contributed by atoms with van der Waals surface area (Å²) >= 11 is 0. The molecule has 0 saturated heterocycles. The van der Waals surface area contributed by atoms with Gasteiger partial charge in [-0.15, -0.1) is 0 Å². The van der Waals surface area contributed by atoms with E-state index in [-0.39, 0.29) is 11.9 Å². The fraction of sp³-hybridized carbons (Fsp3) is 0.500. The first-order valence-corrected chi connectivity index (χ1v) is 6.38. The fourth-order valence-electron chi connectivity index (χ4n) is 1.83.